The lowest BCUT2D eigenvalue weighted by atomic mass is 10.0. The zero-order chi connectivity index (χ0) is 31.9. The first-order valence-electron chi connectivity index (χ1n) is 13.9. The Kier molecular flexibility index (Phi) is 11.0. The number of halogens is 3. The summed E-state index contributed by atoms with van der Waals surface area (Å²) in [4.78, 5) is 55.2. The van der Waals surface area contributed by atoms with E-state index < -0.39 is 54.0 Å². The fourth-order valence-corrected chi connectivity index (χ4v) is 4.70. The average Bonchev–Trinajstić information content (AvgIpc) is 2.96. The summed E-state index contributed by atoms with van der Waals surface area (Å²) in [5.74, 6) is -2.75. The Balaban J connectivity index is 1.69. The van der Waals surface area contributed by atoms with Crippen LogP contribution in [0.2, 0.25) is 0 Å². The van der Waals surface area contributed by atoms with E-state index in [9.17, 15) is 32.3 Å². The highest BCUT2D eigenvalue weighted by Crippen LogP contribution is 2.34. The third-order valence-electron chi connectivity index (χ3n) is 7.02. The summed E-state index contributed by atoms with van der Waals surface area (Å²) in [6.07, 6.45) is 0.172. The summed E-state index contributed by atoms with van der Waals surface area (Å²) >= 11 is 0. The summed E-state index contributed by atoms with van der Waals surface area (Å²) in [5.41, 5.74) is 3.05. The number of fused-ring (bicyclic) bond motifs is 1. The Bertz CT molecular complexity index is 1380. The molecule has 3 rings (SSSR count). The van der Waals surface area contributed by atoms with E-state index in [1.165, 1.54) is 43.5 Å². The molecule has 2 aromatic rings. The predicted octanol–water partition coefficient (Wildman–Crippen LogP) is 3.31. The van der Waals surface area contributed by atoms with Crippen molar-refractivity contribution in [1.82, 2.24) is 31.4 Å². The minimum Gasteiger partial charge on any atom is -0.344 e. The number of nitrogens with zero attached hydrogens (tertiary/aromatic N) is 2. The van der Waals surface area contributed by atoms with Crippen LogP contribution in [-0.2, 0) is 19.2 Å². The zero-order valence-electron chi connectivity index (χ0n) is 24.3. The summed E-state index contributed by atoms with van der Waals surface area (Å²) in [6.45, 7) is 12.2. The van der Waals surface area contributed by atoms with Gasteiger partial charge in [-0.2, -0.15) is 13.2 Å². The van der Waals surface area contributed by atoms with Crippen molar-refractivity contribution in [2.45, 2.75) is 70.4 Å². The number of carbonyl (C=O) groups is 4. The summed E-state index contributed by atoms with van der Waals surface area (Å²) < 4.78 is 42.5. The molecule has 3 unspecified atom stereocenters. The molecule has 0 radical (unpaired) electrons. The molecule has 1 aromatic heterocycles. The number of hydrogen-bond donors (Lipinski definition) is 4. The molecule has 4 amide bonds. The van der Waals surface area contributed by atoms with Crippen molar-refractivity contribution in [2.75, 3.05) is 6.54 Å². The lowest BCUT2D eigenvalue weighted by molar-refractivity contribution is -0.165. The molecular weight excluding hydrogens is 565 g/mol. The number of pyridine rings is 1. The molecule has 43 heavy (non-hydrogen) atoms. The van der Waals surface area contributed by atoms with Crippen LogP contribution in [0.15, 0.2) is 49.7 Å². The van der Waals surface area contributed by atoms with Crippen LogP contribution < -0.4 is 21.4 Å². The molecule has 2 heterocycles. The van der Waals surface area contributed by atoms with Crippen molar-refractivity contribution in [2.24, 2.45) is 5.92 Å². The topological polar surface area (TPSA) is 133 Å². The number of carbonyl (C=O) groups excluding carboxylic acids is 4. The van der Waals surface area contributed by atoms with Gasteiger partial charge in [-0.15, -0.1) is 6.58 Å². The van der Waals surface area contributed by atoms with Gasteiger partial charge in [0.1, 0.15) is 18.1 Å². The van der Waals surface area contributed by atoms with Gasteiger partial charge in [0.15, 0.2) is 6.04 Å². The van der Waals surface area contributed by atoms with E-state index in [-0.39, 0.29) is 30.9 Å². The molecule has 1 aliphatic heterocycles. The molecule has 0 bridgehead atoms. The minimum absolute atomic E-state index is 0.0237. The van der Waals surface area contributed by atoms with Crippen molar-refractivity contribution >= 4 is 40.5 Å². The van der Waals surface area contributed by atoms with Gasteiger partial charge in [-0.05, 0) is 54.8 Å². The van der Waals surface area contributed by atoms with Crippen molar-refractivity contribution in [3.05, 3.63) is 61.0 Å². The van der Waals surface area contributed by atoms with Crippen LogP contribution in [0.3, 0.4) is 0 Å². The standard InChI is InChI=1S/C30H37F3N6O4/c1-6-9-24(40)36-25(17(3)4)28(42)35-18(5)29(43)39-13-8-10-23(38-39)27(41)37-26(30(31,32)33)19-11-12-20-16-34-22(7-2)15-21(20)14-19/h6-7,11-12,14-18,23,25-26,38H,1-2,8-10,13H2,3-5H3,(H,35,42)(H,36,40)(H,37,41)/t18?,23?,25?,26-/m0/s1. The molecule has 232 valence electrons. The van der Waals surface area contributed by atoms with E-state index in [1.54, 1.807) is 19.9 Å². The van der Waals surface area contributed by atoms with Crippen molar-refractivity contribution < 1.29 is 32.3 Å². The van der Waals surface area contributed by atoms with Crippen molar-refractivity contribution in [1.29, 1.82) is 0 Å². The quantitative estimate of drug-likeness (QED) is 0.292. The van der Waals surface area contributed by atoms with Gasteiger partial charge in [-0.25, -0.2) is 5.43 Å². The van der Waals surface area contributed by atoms with Crippen LogP contribution in [0.5, 0.6) is 0 Å². The van der Waals surface area contributed by atoms with Crippen LogP contribution in [-0.4, -0.2) is 64.5 Å². The van der Waals surface area contributed by atoms with Crippen molar-refractivity contribution in [3.63, 3.8) is 0 Å². The highest BCUT2D eigenvalue weighted by molar-refractivity contribution is 5.92. The second-order valence-electron chi connectivity index (χ2n) is 10.7. The van der Waals surface area contributed by atoms with E-state index >= 15 is 0 Å². The van der Waals surface area contributed by atoms with E-state index in [2.05, 4.69) is 39.5 Å². The maximum atomic E-state index is 14.2. The third kappa shape index (κ3) is 8.63. The van der Waals surface area contributed by atoms with E-state index in [1.807, 2.05) is 0 Å². The molecular formula is C30H37F3N6O4. The van der Waals surface area contributed by atoms with Crippen LogP contribution in [0.1, 0.15) is 57.3 Å². The Labute approximate surface area is 248 Å². The number of rotatable bonds is 11. The molecule has 4 N–H and O–H groups in total. The highest BCUT2D eigenvalue weighted by Gasteiger charge is 2.43. The van der Waals surface area contributed by atoms with Gasteiger partial charge < -0.3 is 16.0 Å². The number of amides is 4. The van der Waals surface area contributed by atoms with Crippen LogP contribution in [0.25, 0.3) is 16.8 Å². The fourth-order valence-electron chi connectivity index (χ4n) is 4.70. The number of hydrogen-bond acceptors (Lipinski definition) is 6. The zero-order valence-corrected chi connectivity index (χ0v) is 24.3. The number of aromatic nitrogens is 1. The Morgan fingerprint density at radius 1 is 1.09 bits per heavy atom. The van der Waals surface area contributed by atoms with Crippen molar-refractivity contribution in [3.8, 4) is 0 Å². The van der Waals surface area contributed by atoms with Crippen LogP contribution in [0.4, 0.5) is 13.2 Å². The lowest BCUT2D eigenvalue weighted by Crippen LogP contribution is -2.62. The number of hydrazine groups is 1. The Hall–Kier alpha value is -4.26. The Morgan fingerprint density at radius 2 is 1.81 bits per heavy atom. The van der Waals surface area contributed by atoms with Gasteiger partial charge in [0.25, 0.3) is 5.91 Å². The van der Waals surface area contributed by atoms with E-state index in [4.69, 9.17) is 0 Å². The molecule has 4 atom stereocenters. The number of benzene rings is 1. The largest absolute Gasteiger partial charge is 0.412 e. The van der Waals surface area contributed by atoms with Crippen LogP contribution >= 0.6 is 0 Å². The monoisotopic (exact) mass is 602 g/mol. The molecule has 1 saturated heterocycles. The van der Waals surface area contributed by atoms with Crippen LogP contribution in [0, 0.1) is 5.92 Å². The molecule has 10 nitrogen and oxygen atoms in total. The first-order chi connectivity index (χ1) is 20.2. The van der Waals surface area contributed by atoms with Gasteiger partial charge in [0.05, 0.1) is 5.69 Å². The molecule has 0 spiro atoms. The first-order valence-corrected chi connectivity index (χ1v) is 13.9. The summed E-state index contributed by atoms with van der Waals surface area (Å²) in [7, 11) is 0. The average molecular weight is 603 g/mol. The summed E-state index contributed by atoms with van der Waals surface area (Å²) in [5, 5.41) is 9.54. The maximum absolute atomic E-state index is 14.2. The van der Waals surface area contributed by atoms with E-state index in [0.29, 0.717) is 22.9 Å². The maximum Gasteiger partial charge on any atom is 0.412 e. The smallest absolute Gasteiger partial charge is 0.344 e. The van der Waals surface area contributed by atoms with Gasteiger partial charge in [0, 0.05) is 24.5 Å². The Morgan fingerprint density at radius 3 is 2.44 bits per heavy atom. The first kappa shape index (κ1) is 33.2. The van der Waals surface area contributed by atoms with E-state index in [0.717, 1.165) is 5.01 Å². The molecule has 1 fully saturated rings. The molecule has 0 aliphatic carbocycles. The molecule has 1 aliphatic rings. The second kappa shape index (κ2) is 14.3. The minimum atomic E-state index is -4.80. The summed E-state index contributed by atoms with van der Waals surface area (Å²) in [6, 6.07) is 0.379. The van der Waals surface area contributed by atoms with Gasteiger partial charge >= 0.3 is 6.18 Å². The molecule has 13 heteroatoms. The van der Waals surface area contributed by atoms with Gasteiger partial charge in [-0.3, -0.25) is 29.2 Å². The van der Waals surface area contributed by atoms with Gasteiger partial charge in [-0.1, -0.05) is 38.6 Å². The number of nitrogens with one attached hydrogen (secondary N) is 4. The predicted molar refractivity (Wildman–Crippen MR) is 156 cm³/mol. The number of alkyl halides is 3. The molecule has 1 aromatic carbocycles. The third-order valence-corrected chi connectivity index (χ3v) is 7.02. The SMILES string of the molecule is C=CCC(=O)NC(C(=O)NC(C)C(=O)N1CCCC(C(=O)N[C@@H](c2ccc3cnc(C=C)cc3c2)C(F)(F)F)N1)C(C)C. The lowest BCUT2D eigenvalue weighted by Gasteiger charge is -2.36. The normalized spacial score (nSPS) is 17.5. The van der Waals surface area contributed by atoms with Gasteiger partial charge in [0.2, 0.25) is 17.7 Å². The fraction of sp³-hybridized carbons (Fsp3) is 0.433. The highest BCUT2D eigenvalue weighted by atomic mass is 19.4. The molecule has 0 saturated carbocycles. The second-order valence-corrected chi connectivity index (χ2v) is 10.7.